The van der Waals surface area contributed by atoms with Gasteiger partial charge in [-0.3, -0.25) is 0 Å². The third kappa shape index (κ3) is 14.2. The summed E-state index contributed by atoms with van der Waals surface area (Å²) in [6.45, 7) is 4.18. The zero-order valence-corrected chi connectivity index (χ0v) is 42.9. The van der Waals surface area contributed by atoms with Crippen molar-refractivity contribution in [2.75, 3.05) is 0 Å². The minimum atomic E-state index is -6.13. The largest absolute Gasteiger partial charge is 0.443 e. The Morgan fingerprint density at radius 1 is 0.268 bits per heavy atom. The summed E-state index contributed by atoms with van der Waals surface area (Å²) in [4.78, 5) is 0. The molecule has 0 atom stereocenters. The first-order chi connectivity index (χ1) is 37.4. The summed E-state index contributed by atoms with van der Waals surface area (Å²) in [7, 11) is 0. The fourth-order valence-electron chi connectivity index (χ4n) is 8.64. The molecule has 0 radical (unpaired) electrons. The van der Waals surface area contributed by atoms with Crippen molar-refractivity contribution in [3.8, 4) is 22.6 Å². The molecule has 0 fully saturated rings. The van der Waals surface area contributed by atoms with E-state index in [0.717, 1.165) is 30.2 Å². The van der Waals surface area contributed by atoms with E-state index in [4.69, 9.17) is 8.83 Å². The van der Waals surface area contributed by atoms with Crippen LogP contribution in [0.3, 0.4) is 0 Å². The molecule has 0 aliphatic carbocycles. The number of halogens is 25. The van der Waals surface area contributed by atoms with Crippen molar-refractivity contribution < 1.29 is 135 Å². The van der Waals surface area contributed by atoms with E-state index in [9.17, 15) is 105 Å². The van der Waals surface area contributed by atoms with Gasteiger partial charge in [0.1, 0.15) is 17.7 Å². The van der Waals surface area contributed by atoms with Crippen molar-refractivity contribution >= 4 is 28.0 Å². The first-order valence-corrected chi connectivity index (χ1v) is 24.9. The third-order valence-corrected chi connectivity index (χ3v) is 14.7. The van der Waals surface area contributed by atoms with Gasteiger partial charge >= 0.3 is 78.1 Å². The van der Waals surface area contributed by atoms with Crippen molar-refractivity contribution in [3.05, 3.63) is 209 Å². The van der Waals surface area contributed by atoms with Crippen LogP contribution in [-0.2, 0) is 49.4 Å². The van der Waals surface area contributed by atoms with Gasteiger partial charge in [0.25, 0.3) is 0 Å². The van der Waals surface area contributed by atoms with Crippen LogP contribution >= 0.6 is 0 Å². The summed E-state index contributed by atoms with van der Waals surface area (Å²) in [6.07, 6.45) is -54.8. The normalized spacial score (nSPS) is 13.3. The van der Waals surface area contributed by atoms with Gasteiger partial charge in [-0.1, -0.05) is 108 Å². The van der Waals surface area contributed by atoms with Crippen molar-refractivity contribution in [1.82, 2.24) is 0 Å². The minimum Gasteiger partial charge on any atom is -0.418 e. The first kappa shape index (κ1) is 62.6. The molecule has 436 valence electrons. The topological polar surface area (TPSA) is 26.3 Å². The SMILES string of the molecule is Cc1ccc(-c2ccc([I+]c3ccc(-c4ccc(C)cc4)o3)o2)cc1.FC(F)(F)c1cc([B-](c2cc(C(F)(F)F)cc(C(F)(F)F)c2)(c2cc(C(F)(F)F)cc(C(F)(F)F)c2)c2cc(C(F)(F)F)cc(C(F)(F)F)c2)cc(C(F)(F)F)c1. The van der Waals surface area contributed by atoms with Gasteiger partial charge in [0.05, 0.1) is 44.5 Å². The predicted octanol–water partition coefficient (Wildman–Crippen LogP) is 14.2. The van der Waals surface area contributed by atoms with E-state index in [-0.39, 0.29) is 0 Å². The lowest BCUT2D eigenvalue weighted by Gasteiger charge is -2.46. The van der Waals surface area contributed by atoms with Crippen LogP contribution in [0.4, 0.5) is 105 Å². The molecule has 8 aromatic rings. The van der Waals surface area contributed by atoms with Crippen molar-refractivity contribution in [1.29, 1.82) is 0 Å². The summed E-state index contributed by atoms with van der Waals surface area (Å²) in [5.74, 6) is 1.83. The summed E-state index contributed by atoms with van der Waals surface area (Å²) < 4.78 is 355. The molecule has 28 heteroatoms. The van der Waals surface area contributed by atoms with Crippen LogP contribution < -0.4 is 43.1 Å². The Labute approximate surface area is 456 Å². The lowest BCUT2D eigenvalue weighted by molar-refractivity contribution is -0.635. The van der Waals surface area contributed by atoms with Crippen LogP contribution in [-0.4, -0.2) is 6.15 Å². The molecular weight excluding hydrogens is 1270 g/mol. The van der Waals surface area contributed by atoms with E-state index in [0.29, 0.717) is 0 Å². The molecule has 6 aromatic carbocycles. The molecule has 0 saturated carbocycles. The van der Waals surface area contributed by atoms with E-state index in [2.05, 4.69) is 74.5 Å². The molecule has 0 unspecified atom stereocenters. The van der Waals surface area contributed by atoms with Gasteiger partial charge in [0.2, 0.25) is 0 Å². The Kier molecular flexibility index (Phi) is 16.8. The maximum atomic E-state index is 14.2. The van der Waals surface area contributed by atoms with Crippen LogP contribution in [0.5, 0.6) is 0 Å². The van der Waals surface area contributed by atoms with E-state index >= 15 is 0 Å². The molecule has 8 rings (SSSR count). The highest BCUT2D eigenvalue weighted by Gasteiger charge is 2.47. The number of benzene rings is 6. The van der Waals surface area contributed by atoms with Crippen molar-refractivity contribution in [2.24, 2.45) is 0 Å². The monoisotopic (exact) mass is 1300 g/mol. The molecule has 0 aliphatic rings. The lowest BCUT2D eigenvalue weighted by atomic mass is 9.12. The van der Waals surface area contributed by atoms with Gasteiger partial charge in [-0.15, -0.1) is 0 Å². The molecule has 0 spiro atoms. The summed E-state index contributed by atoms with van der Waals surface area (Å²) in [5, 5.41) is 0. The van der Waals surface area contributed by atoms with Gasteiger partial charge in [-0.25, -0.2) is 0 Å². The fraction of sp³-hybridized carbons (Fsp3) is 0.185. The number of rotatable bonds is 8. The molecule has 2 aromatic heterocycles. The summed E-state index contributed by atoms with van der Waals surface area (Å²) in [6, 6.07) is 16.2. The molecule has 0 amide bonds. The van der Waals surface area contributed by atoms with Crippen LogP contribution in [0.25, 0.3) is 22.6 Å². The van der Waals surface area contributed by atoms with Gasteiger partial charge in [0, 0.05) is 23.3 Å². The number of aryl methyl sites for hydroxylation is 2. The number of hydrogen-bond acceptors (Lipinski definition) is 2. The molecule has 2 heterocycles. The molecule has 82 heavy (non-hydrogen) atoms. The zero-order chi connectivity index (χ0) is 61.1. The van der Waals surface area contributed by atoms with E-state index in [1.165, 1.54) is 11.1 Å². The van der Waals surface area contributed by atoms with Gasteiger partial charge in [-0.2, -0.15) is 127 Å². The quantitative estimate of drug-likeness (QED) is 0.0861. The van der Waals surface area contributed by atoms with E-state index in [1.54, 1.807) is 0 Å². The smallest absolute Gasteiger partial charge is 0.418 e. The van der Waals surface area contributed by atoms with Gasteiger partial charge in [-0.05, 0) is 50.2 Å². The summed E-state index contributed by atoms with van der Waals surface area (Å²) >= 11 is -0.460. The van der Waals surface area contributed by atoms with Gasteiger partial charge in [0.15, 0.2) is 0 Å². The average Bonchev–Trinajstić information content (AvgIpc) is 2.16. The second kappa shape index (κ2) is 22.0. The minimum absolute atomic E-state index is 0.460. The van der Waals surface area contributed by atoms with Crippen molar-refractivity contribution in [2.45, 2.75) is 63.3 Å². The van der Waals surface area contributed by atoms with Gasteiger partial charge < -0.3 is 8.83 Å². The Balaban J connectivity index is 0.000000318. The van der Waals surface area contributed by atoms with Crippen LogP contribution in [0.2, 0.25) is 0 Å². The fourth-order valence-corrected chi connectivity index (χ4v) is 10.6. The number of hydrogen-bond donors (Lipinski definition) is 0. The van der Waals surface area contributed by atoms with Crippen molar-refractivity contribution in [3.63, 3.8) is 0 Å². The maximum absolute atomic E-state index is 14.2. The van der Waals surface area contributed by atoms with E-state index < -0.39 is 216 Å². The Bertz CT molecular complexity index is 3050. The molecule has 0 bridgehead atoms. The highest BCUT2D eigenvalue weighted by molar-refractivity contribution is 7.20. The maximum Gasteiger partial charge on any atom is 0.443 e. The summed E-state index contributed by atoms with van der Waals surface area (Å²) in [5.41, 5.74) is -25.5. The van der Waals surface area contributed by atoms with Crippen LogP contribution in [0.1, 0.15) is 55.6 Å². The molecule has 0 N–H and O–H groups in total. The van der Waals surface area contributed by atoms with E-state index in [1.807, 2.05) is 12.1 Å². The molecule has 2 nitrogen and oxygen atoms in total. The third-order valence-electron chi connectivity index (χ3n) is 12.4. The van der Waals surface area contributed by atoms with Crippen LogP contribution in [0, 0.1) is 21.4 Å². The van der Waals surface area contributed by atoms with Crippen LogP contribution in [0.15, 0.2) is 154 Å². The second-order valence-corrected chi connectivity index (χ2v) is 20.9. The second-order valence-electron chi connectivity index (χ2n) is 18.3. The molecule has 0 aliphatic heterocycles. The zero-order valence-electron chi connectivity index (χ0n) is 40.7. The Morgan fingerprint density at radius 2 is 0.463 bits per heavy atom. The number of furan rings is 2. The highest BCUT2D eigenvalue weighted by Crippen LogP contribution is 2.42. The lowest BCUT2D eigenvalue weighted by Crippen LogP contribution is -3.61. The Morgan fingerprint density at radius 3 is 0.646 bits per heavy atom. The predicted molar refractivity (Wildman–Crippen MR) is 245 cm³/mol. The highest BCUT2D eigenvalue weighted by atomic mass is 127. The average molecular weight is 1300 g/mol. The molecule has 0 saturated heterocycles. The number of alkyl halides is 24. The Hall–Kier alpha value is -7.01. The standard InChI is InChI=1S/C32H12BF24.C22H18IO2/c34-25(35,36)13-1-14(26(37,38)39)6-21(5-13)33(22-7-15(27(40,41)42)2-16(8-22)28(43,44)45,23-9-17(29(46,47)48)3-18(10-23)30(49,50)51)24-11-19(31(52,53)54)4-20(12-24)32(55,56)57;1-15-3-7-17(8-4-15)19-11-13-21(24-19)23-22-14-12-20(25-22)18-9-5-16(2)6-10-18/h1-12H;3-14H,1-2H3/q-1;+1. The molecular formula is C54H30BF24IO2. The first-order valence-electron chi connectivity index (χ1n) is 22.8.